The van der Waals surface area contributed by atoms with Crippen LogP contribution in [0.15, 0.2) is 10.7 Å². The quantitative estimate of drug-likeness (QED) is 0.827. The first-order valence-electron chi connectivity index (χ1n) is 5.27. The number of aryl methyl sites for hydroxylation is 1. The van der Waals surface area contributed by atoms with E-state index in [1.807, 2.05) is 18.7 Å². The Labute approximate surface area is 98.4 Å². The maximum Gasteiger partial charge on any atom is 0.301 e. The van der Waals surface area contributed by atoms with Gasteiger partial charge in [-0.2, -0.15) is 16.7 Å². The number of oxazole rings is 1. The molecule has 2 N–H and O–H groups in total. The Morgan fingerprint density at radius 3 is 3.31 bits per heavy atom. The van der Waals surface area contributed by atoms with Gasteiger partial charge < -0.3 is 9.73 Å². The second kappa shape index (κ2) is 5.36. The number of anilines is 1. The van der Waals surface area contributed by atoms with E-state index in [0.29, 0.717) is 6.42 Å². The lowest BCUT2D eigenvalue weighted by atomic mass is 10.2. The van der Waals surface area contributed by atoms with Crippen LogP contribution in [-0.2, 0) is 4.79 Å². The van der Waals surface area contributed by atoms with Gasteiger partial charge in [-0.25, -0.2) is 0 Å². The summed E-state index contributed by atoms with van der Waals surface area (Å²) in [6, 6.07) is 0.542. The Kier molecular flexibility index (Phi) is 3.84. The van der Waals surface area contributed by atoms with E-state index in [9.17, 15) is 4.79 Å². The molecule has 2 heterocycles. The van der Waals surface area contributed by atoms with Gasteiger partial charge in [-0.05, 0) is 6.92 Å². The predicted octanol–water partition coefficient (Wildman–Crippen LogP) is 1.02. The van der Waals surface area contributed by atoms with Gasteiger partial charge in [0.1, 0.15) is 6.26 Å². The summed E-state index contributed by atoms with van der Waals surface area (Å²) in [6.07, 6.45) is 1.98. The summed E-state index contributed by atoms with van der Waals surface area (Å²) in [4.78, 5) is 15.6. The van der Waals surface area contributed by atoms with Gasteiger partial charge in [-0.15, -0.1) is 0 Å². The zero-order valence-corrected chi connectivity index (χ0v) is 9.97. The molecule has 1 aromatic rings. The van der Waals surface area contributed by atoms with Crippen molar-refractivity contribution in [3.05, 3.63) is 12.0 Å². The fourth-order valence-corrected chi connectivity index (χ4v) is 2.51. The Hall–Kier alpha value is -1.01. The largest absolute Gasteiger partial charge is 0.432 e. The molecule has 0 bridgehead atoms. The molecule has 1 aliphatic heterocycles. The Balaban J connectivity index is 1.79. The van der Waals surface area contributed by atoms with Crippen LogP contribution >= 0.6 is 11.8 Å². The predicted molar refractivity (Wildman–Crippen MR) is 63.6 cm³/mol. The van der Waals surface area contributed by atoms with Gasteiger partial charge in [0.05, 0.1) is 5.69 Å². The van der Waals surface area contributed by atoms with Crippen LogP contribution in [0.1, 0.15) is 12.1 Å². The number of aromatic nitrogens is 1. The van der Waals surface area contributed by atoms with Crippen molar-refractivity contribution in [1.82, 2.24) is 10.3 Å². The molecule has 6 heteroatoms. The molecule has 0 saturated carbocycles. The van der Waals surface area contributed by atoms with Crippen molar-refractivity contribution in [2.45, 2.75) is 19.4 Å². The summed E-state index contributed by atoms with van der Waals surface area (Å²) in [5.41, 5.74) is 0.765. The van der Waals surface area contributed by atoms with E-state index in [4.69, 9.17) is 4.42 Å². The fraction of sp³-hybridized carbons (Fsp3) is 0.600. The van der Waals surface area contributed by atoms with Crippen molar-refractivity contribution in [3.8, 4) is 0 Å². The molecule has 1 unspecified atom stereocenters. The fourth-order valence-electron chi connectivity index (χ4n) is 1.56. The van der Waals surface area contributed by atoms with E-state index in [2.05, 4.69) is 15.6 Å². The van der Waals surface area contributed by atoms with Crippen LogP contribution in [0.2, 0.25) is 0 Å². The molecule has 2 rings (SSSR count). The van der Waals surface area contributed by atoms with Crippen molar-refractivity contribution in [2.24, 2.45) is 0 Å². The van der Waals surface area contributed by atoms with E-state index in [0.717, 1.165) is 23.7 Å². The number of carbonyl (C=O) groups is 1. The number of amides is 1. The van der Waals surface area contributed by atoms with Gasteiger partial charge in [0.2, 0.25) is 5.91 Å². The molecule has 5 nitrogen and oxygen atoms in total. The van der Waals surface area contributed by atoms with Crippen molar-refractivity contribution in [1.29, 1.82) is 0 Å². The van der Waals surface area contributed by atoms with E-state index < -0.39 is 0 Å². The molecule has 0 radical (unpaired) electrons. The van der Waals surface area contributed by atoms with Gasteiger partial charge in [0.25, 0.3) is 0 Å². The summed E-state index contributed by atoms with van der Waals surface area (Å²) in [7, 11) is 0. The highest BCUT2D eigenvalue weighted by atomic mass is 32.2. The molecule has 1 aliphatic rings. The van der Waals surface area contributed by atoms with Crippen molar-refractivity contribution in [3.63, 3.8) is 0 Å². The SMILES string of the molecule is Cc1coc(NC(=O)CC2CSCCN2)n1. The Morgan fingerprint density at radius 1 is 1.81 bits per heavy atom. The zero-order valence-electron chi connectivity index (χ0n) is 9.16. The number of nitrogens with zero attached hydrogens (tertiary/aromatic N) is 1. The lowest BCUT2D eigenvalue weighted by molar-refractivity contribution is -0.116. The topological polar surface area (TPSA) is 67.2 Å². The molecule has 88 valence electrons. The summed E-state index contributed by atoms with van der Waals surface area (Å²) in [5, 5.41) is 5.95. The normalized spacial score (nSPS) is 20.7. The van der Waals surface area contributed by atoms with Gasteiger partial charge in [-0.3, -0.25) is 10.1 Å². The van der Waals surface area contributed by atoms with E-state index in [1.54, 1.807) is 0 Å². The first kappa shape index (κ1) is 11.5. The Morgan fingerprint density at radius 2 is 2.69 bits per heavy atom. The molecule has 0 aliphatic carbocycles. The van der Waals surface area contributed by atoms with Crippen LogP contribution < -0.4 is 10.6 Å². The molecule has 1 atom stereocenters. The first-order valence-corrected chi connectivity index (χ1v) is 6.42. The van der Waals surface area contributed by atoms with Gasteiger partial charge in [-0.1, -0.05) is 0 Å². The molecule has 1 saturated heterocycles. The standard InChI is InChI=1S/C10H15N3O2S/c1-7-5-15-10(12-7)13-9(14)4-8-6-16-3-2-11-8/h5,8,11H,2-4,6H2,1H3,(H,12,13,14). The summed E-state index contributed by atoms with van der Waals surface area (Å²) < 4.78 is 5.06. The number of nitrogens with one attached hydrogen (secondary N) is 2. The number of carbonyl (C=O) groups excluding carboxylic acids is 1. The summed E-state index contributed by atoms with van der Waals surface area (Å²) >= 11 is 1.87. The molecular weight excluding hydrogens is 226 g/mol. The van der Waals surface area contributed by atoms with Crippen LogP contribution in [0, 0.1) is 6.92 Å². The van der Waals surface area contributed by atoms with Gasteiger partial charge >= 0.3 is 6.01 Å². The third-order valence-electron chi connectivity index (χ3n) is 2.30. The van der Waals surface area contributed by atoms with Crippen molar-refractivity contribution < 1.29 is 9.21 Å². The smallest absolute Gasteiger partial charge is 0.301 e. The molecule has 16 heavy (non-hydrogen) atoms. The lowest BCUT2D eigenvalue weighted by Crippen LogP contribution is -2.39. The number of rotatable bonds is 3. The first-order chi connectivity index (χ1) is 7.74. The lowest BCUT2D eigenvalue weighted by Gasteiger charge is -2.22. The van der Waals surface area contributed by atoms with Crippen molar-refractivity contribution in [2.75, 3.05) is 23.4 Å². The maximum atomic E-state index is 11.6. The van der Waals surface area contributed by atoms with E-state index >= 15 is 0 Å². The maximum absolute atomic E-state index is 11.6. The third-order valence-corrected chi connectivity index (χ3v) is 3.43. The Bertz CT molecular complexity index is 361. The second-order valence-corrected chi connectivity index (χ2v) is 4.92. The van der Waals surface area contributed by atoms with Crippen LogP contribution in [0.3, 0.4) is 0 Å². The molecule has 1 fully saturated rings. The van der Waals surface area contributed by atoms with Crippen LogP contribution in [0.25, 0.3) is 0 Å². The van der Waals surface area contributed by atoms with Gasteiger partial charge in [0, 0.05) is 30.5 Å². The summed E-state index contributed by atoms with van der Waals surface area (Å²) in [6.45, 7) is 2.79. The van der Waals surface area contributed by atoms with Crippen LogP contribution in [0.4, 0.5) is 6.01 Å². The number of hydrogen-bond donors (Lipinski definition) is 2. The highest BCUT2D eigenvalue weighted by Crippen LogP contribution is 2.12. The molecule has 0 aromatic carbocycles. The highest BCUT2D eigenvalue weighted by Gasteiger charge is 2.17. The second-order valence-electron chi connectivity index (χ2n) is 3.77. The number of thioether (sulfide) groups is 1. The van der Waals surface area contributed by atoms with Crippen LogP contribution in [0.5, 0.6) is 0 Å². The minimum Gasteiger partial charge on any atom is -0.432 e. The zero-order chi connectivity index (χ0) is 11.4. The highest BCUT2D eigenvalue weighted by molar-refractivity contribution is 7.99. The average Bonchev–Trinajstić information content (AvgIpc) is 2.65. The monoisotopic (exact) mass is 241 g/mol. The molecule has 1 amide bonds. The van der Waals surface area contributed by atoms with Gasteiger partial charge in [0.15, 0.2) is 0 Å². The van der Waals surface area contributed by atoms with E-state index in [-0.39, 0.29) is 18.0 Å². The molecular formula is C10H15N3O2S. The average molecular weight is 241 g/mol. The molecule has 1 aromatic heterocycles. The van der Waals surface area contributed by atoms with Crippen LogP contribution in [-0.4, -0.2) is 35.0 Å². The third kappa shape index (κ3) is 3.24. The summed E-state index contributed by atoms with van der Waals surface area (Å²) in [5.74, 6) is 2.05. The minimum atomic E-state index is -0.0538. The molecule has 0 spiro atoms. The minimum absolute atomic E-state index is 0.0538. The number of hydrogen-bond acceptors (Lipinski definition) is 5. The van der Waals surface area contributed by atoms with E-state index in [1.165, 1.54) is 6.26 Å². The van der Waals surface area contributed by atoms with Crippen molar-refractivity contribution >= 4 is 23.7 Å².